The van der Waals surface area contributed by atoms with Crippen molar-refractivity contribution in [3.05, 3.63) is 36.3 Å². The highest BCUT2D eigenvalue weighted by Crippen LogP contribution is 2.35. The first kappa shape index (κ1) is 17.2. The molecule has 5 heterocycles. The van der Waals surface area contributed by atoms with Gasteiger partial charge in [0.25, 0.3) is 0 Å². The van der Waals surface area contributed by atoms with E-state index < -0.39 is 0 Å². The Labute approximate surface area is 163 Å². The van der Waals surface area contributed by atoms with Gasteiger partial charge in [-0.2, -0.15) is 0 Å². The maximum atomic E-state index is 12.6. The molecule has 1 N–H and O–H groups in total. The van der Waals surface area contributed by atoms with Gasteiger partial charge < -0.3 is 19.7 Å². The smallest absolute Gasteiger partial charge is 0.238 e. The molecule has 2 unspecified atom stereocenters. The Morgan fingerprint density at radius 2 is 1.96 bits per heavy atom. The Bertz CT molecular complexity index is 893. The van der Waals surface area contributed by atoms with E-state index in [1.165, 1.54) is 0 Å². The summed E-state index contributed by atoms with van der Waals surface area (Å²) in [5.74, 6) is 3.16. The third-order valence-electron chi connectivity index (χ3n) is 5.58. The predicted octanol–water partition coefficient (Wildman–Crippen LogP) is 1.46. The molecule has 1 aromatic carbocycles. The van der Waals surface area contributed by atoms with E-state index in [1.54, 1.807) is 6.20 Å². The van der Waals surface area contributed by atoms with Gasteiger partial charge in [0.15, 0.2) is 11.5 Å². The number of anilines is 2. The summed E-state index contributed by atoms with van der Waals surface area (Å²) in [6.45, 7) is 5.18. The van der Waals surface area contributed by atoms with Crippen LogP contribution in [0.15, 0.2) is 30.5 Å². The number of fused-ring (bicyclic) bond motifs is 3. The lowest BCUT2D eigenvalue weighted by Gasteiger charge is -2.56. The molecule has 2 bridgehead atoms. The van der Waals surface area contributed by atoms with Gasteiger partial charge in [0.05, 0.1) is 6.54 Å². The molecule has 2 aromatic rings. The van der Waals surface area contributed by atoms with Crippen molar-refractivity contribution in [2.24, 2.45) is 0 Å². The largest absolute Gasteiger partial charge is 0.486 e. The summed E-state index contributed by atoms with van der Waals surface area (Å²) in [6, 6.07) is 8.24. The summed E-state index contributed by atoms with van der Waals surface area (Å²) in [4.78, 5) is 25.8. The number of nitrogens with one attached hydrogen (secondary N) is 1. The molecule has 8 nitrogen and oxygen atoms in total. The van der Waals surface area contributed by atoms with E-state index in [0.717, 1.165) is 42.6 Å². The fraction of sp³-hybridized carbons (Fsp3) is 0.450. The lowest BCUT2D eigenvalue weighted by Crippen LogP contribution is -2.69. The van der Waals surface area contributed by atoms with Gasteiger partial charge >= 0.3 is 0 Å². The molecule has 2 atom stereocenters. The number of hydrogen-bond donors (Lipinski definition) is 1. The zero-order valence-corrected chi connectivity index (χ0v) is 15.8. The van der Waals surface area contributed by atoms with Crippen LogP contribution in [0.4, 0.5) is 11.5 Å². The zero-order chi connectivity index (χ0) is 19.1. The summed E-state index contributed by atoms with van der Waals surface area (Å²) >= 11 is 0. The van der Waals surface area contributed by atoms with Crippen LogP contribution in [0, 0.1) is 6.92 Å². The Morgan fingerprint density at radius 3 is 2.75 bits per heavy atom. The number of ether oxygens (including phenoxy) is 2. The molecule has 1 aromatic heterocycles. The van der Waals surface area contributed by atoms with Gasteiger partial charge in [0.2, 0.25) is 5.91 Å². The second kappa shape index (κ2) is 6.94. The van der Waals surface area contributed by atoms with E-state index in [2.05, 4.69) is 25.1 Å². The SMILES string of the molecule is Cc1nccc(N2CC3CC(C2)N3CC(=O)Nc2ccc3c(c2)OCCO3)n1. The van der Waals surface area contributed by atoms with Gasteiger partial charge in [-0.25, -0.2) is 9.97 Å². The average molecular weight is 381 g/mol. The molecule has 28 heavy (non-hydrogen) atoms. The van der Waals surface area contributed by atoms with E-state index in [9.17, 15) is 4.79 Å². The first-order valence-electron chi connectivity index (χ1n) is 9.65. The number of carbonyl (C=O) groups is 1. The van der Waals surface area contributed by atoms with E-state index in [4.69, 9.17) is 9.47 Å². The molecule has 3 fully saturated rings. The van der Waals surface area contributed by atoms with Crippen LogP contribution >= 0.6 is 0 Å². The van der Waals surface area contributed by atoms with E-state index in [-0.39, 0.29) is 5.91 Å². The fourth-order valence-electron chi connectivity index (χ4n) is 4.24. The third-order valence-corrected chi connectivity index (χ3v) is 5.58. The van der Waals surface area contributed by atoms with Crippen molar-refractivity contribution in [2.45, 2.75) is 25.4 Å². The molecule has 4 aliphatic heterocycles. The zero-order valence-electron chi connectivity index (χ0n) is 15.8. The van der Waals surface area contributed by atoms with Gasteiger partial charge in [0.1, 0.15) is 24.9 Å². The second-order valence-corrected chi connectivity index (χ2v) is 7.49. The highest BCUT2D eigenvalue weighted by atomic mass is 16.6. The Hall–Kier alpha value is -2.87. The van der Waals surface area contributed by atoms with Crippen molar-refractivity contribution in [3.63, 3.8) is 0 Å². The Kier molecular flexibility index (Phi) is 4.27. The number of rotatable bonds is 4. The summed E-state index contributed by atoms with van der Waals surface area (Å²) in [5, 5.41) is 2.98. The quantitative estimate of drug-likeness (QED) is 0.859. The van der Waals surface area contributed by atoms with Crippen LogP contribution < -0.4 is 19.7 Å². The summed E-state index contributed by atoms with van der Waals surface area (Å²) < 4.78 is 11.1. The normalized spacial score (nSPS) is 23.1. The van der Waals surface area contributed by atoms with Crippen LogP contribution in [0.3, 0.4) is 0 Å². The van der Waals surface area contributed by atoms with Crippen LogP contribution in [-0.4, -0.2) is 65.7 Å². The summed E-state index contributed by atoms with van der Waals surface area (Å²) in [5.41, 5.74) is 0.734. The summed E-state index contributed by atoms with van der Waals surface area (Å²) in [6.07, 6.45) is 2.94. The van der Waals surface area contributed by atoms with Gasteiger partial charge in [0, 0.05) is 43.1 Å². The molecule has 0 saturated carbocycles. The highest BCUT2D eigenvalue weighted by molar-refractivity contribution is 5.92. The van der Waals surface area contributed by atoms with Gasteiger partial charge in [-0.3, -0.25) is 9.69 Å². The molecule has 0 spiro atoms. The lowest BCUT2D eigenvalue weighted by molar-refractivity contribution is -0.121. The minimum Gasteiger partial charge on any atom is -0.486 e. The molecule has 6 rings (SSSR count). The fourth-order valence-corrected chi connectivity index (χ4v) is 4.24. The van der Waals surface area contributed by atoms with Crippen LogP contribution in [0.5, 0.6) is 11.5 Å². The molecular formula is C20H23N5O3. The first-order valence-corrected chi connectivity index (χ1v) is 9.65. The first-order chi connectivity index (χ1) is 13.7. The molecule has 8 heteroatoms. The predicted molar refractivity (Wildman–Crippen MR) is 104 cm³/mol. The number of piperidine rings is 1. The van der Waals surface area contributed by atoms with Crippen molar-refractivity contribution in [2.75, 3.05) is 43.1 Å². The van der Waals surface area contributed by atoms with Crippen molar-refractivity contribution >= 4 is 17.4 Å². The van der Waals surface area contributed by atoms with E-state index in [1.807, 2.05) is 31.2 Å². The molecule has 0 radical (unpaired) electrons. The molecule has 146 valence electrons. The minimum atomic E-state index is -0.00212. The number of nitrogens with zero attached hydrogens (tertiary/aromatic N) is 4. The lowest BCUT2D eigenvalue weighted by atomic mass is 9.87. The maximum absolute atomic E-state index is 12.6. The topological polar surface area (TPSA) is 79.8 Å². The van der Waals surface area contributed by atoms with Crippen molar-refractivity contribution in [1.29, 1.82) is 0 Å². The van der Waals surface area contributed by atoms with E-state index >= 15 is 0 Å². The number of benzene rings is 1. The standard InChI is InChI=1S/C20H23N5O3/c1-13-21-5-4-19(22-13)24-10-15-9-16(11-24)25(15)12-20(26)23-14-2-3-17-18(8-14)28-7-6-27-17/h2-5,8,15-16H,6-7,9-12H2,1H3,(H,23,26). The van der Waals surface area contributed by atoms with Crippen LogP contribution in [0.1, 0.15) is 12.2 Å². The number of aromatic nitrogens is 2. The van der Waals surface area contributed by atoms with Gasteiger partial charge in [-0.1, -0.05) is 0 Å². The van der Waals surface area contributed by atoms with Crippen molar-refractivity contribution in [3.8, 4) is 11.5 Å². The van der Waals surface area contributed by atoms with Crippen LogP contribution in [0.25, 0.3) is 0 Å². The van der Waals surface area contributed by atoms with E-state index in [0.29, 0.717) is 37.6 Å². The molecule has 3 saturated heterocycles. The van der Waals surface area contributed by atoms with Crippen molar-refractivity contribution in [1.82, 2.24) is 14.9 Å². The highest BCUT2D eigenvalue weighted by Gasteiger charge is 2.45. The Morgan fingerprint density at radius 1 is 1.18 bits per heavy atom. The number of carbonyl (C=O) groups excluding carboxylic acids is 1. The van der Waals surface area contributed by atoms with Crippen LogP contribution in [0.2, 0.25) is 0 Å². The monoisotopic (exact) mass is 381 g/mol. The second-order valence-electron chi connectivity index (χ2n) is 7.49. The maximum Gasteiger partial charge on any atom is 0.238 e. The average Bonchev–Trinajstić information content (AvgIpc) is 2.72. The molecular weight excluding hydrogens is 358 g/mol. The van der Waals surface area contributed by atoms with Crippen LogP contribution in [-0.2, 0) is 4.79 Å². The van der Waals surface area contributed by atoms with Gasteiger partial charge in [-0.05, 0) is 31.5 Å². The number of hydrogen-bond acceptors (Lipinski definition) is 7. The van der Waals surface area contributed by atoms with Gasteiger partial charge in [-0.15, -0.1) is 0 Å². The number of piperazine rings is 1. The number of amides is 1. The number of aryl methyl sites for hydroxylation is 1. The molecule has 4 aliphatic rings. The summed E-state index contributed by atoms with van der Waals surface area (Å²) in [7, 11) is 0. The third kappa shape index (κ3) is 3.24. The minimum absolute atomic E-state index is 0.00212. The molecule has 0 aliphatic carbocycles. The molecule has 1 amide bonds. The Balaban J connectivity index is 1.18. The van der Waals surface area contributed by atoms with Crippen molar-refractivity contribution < 1.29 is 14.3 Å².